The van der Waals surface area contributed by atoms with Crippen LogP contribution in [0.4, 0.5) is 0 Å². The molecule has 18 nitrogen and oxygen atoms in total. The Morgan fingerprint density at radius 1 is 0.972 bits per heavy atom. The number of primary amides is 1. The second-order valence-electron chi connectivity index (χ2n) is 20.3. The van der Waals surface area contributed by atoms with Gasteiger partial charge < -0.3 is 52.0 Å². The van der Waals surface area contributed by atoms with Crippen LogP contribution in [0.3, 0.4) is 0 Å². The van der Waals surface area contributed by atoms with E-state index in [9.17, 15) is 38.7 Å². The van der Waals surface area contributed by atoms with Gasteiger partial charge in [0.15, 0.2) is 0 Å². The van der Waals surface area contributed by atoms with Gasteiger partial charge in [-0.25, -0.2) is 4.98 Å². The van der Waals surface area contributed by atoms with Gasteiger partial charge in [0.1, 0.15) is 36.5 Å². The maximum atomic E-state index is 14.3. The van der Waals surface area contributed by atoms with Crippen molar-refractivity contribution in [3.8, 4) is 16.2 Å². The lowest BCUT2D eigenvalue weighted by Gasteiger charge is -2.37. The largest absolute Gasteiger partial charge is 0.490 e. The topological polar surface area (TPSA) is 260 Å². The van der Waals surface area contributed by atoms with Crippen molar-refractivity contribution in [2.45, 2.75) is 155 Å². The smallest absolute Gasteiger partial charge is 0.246 e. The SMILES string of the molecule is CC(=O)N1CC[C@H]2CC[C@@H](C(=O)N[C@@H](CCC(N)=O)COc3cc(C)cc(CCCC(=O)N[C@H](C(=O)N4C[C@H](O)C[C@H]4C(=O)N[C@@H](C)c4ccc(-c5scnc5C)cc4)C(C)(C)C)c3Cl)N2C(=O)[C@@H](N)C1. The number of thiazole rings is 1. The summed E-state index contributed by atoms with van der Waals surface area (Å²) >= 11 is 8.47. The number of aryl methyl sites for hydroxylation is 3. The molecule has 0 saturated carbocycles. The third-order valence-corrected chi connectivity index (χ3v) is 15.1. The van der Waals surface area contributed by atoms with Crippen LogP contribution in [0, 0.1) is 19.3 Å². The van der Waals surface area contributed by atoms with Crippen LogP contribution in [0.1, 0.15) is 114 Å². The van der Waals surface area contributed by atoms with Crippen LogP contribution < -0.4 is 32.2 Å². The van der Waals surface area contributed by atoms with E-state index >= 15 is 0 Å². The first kappa shape index (κ1) is 54.7. The van der Waals surface area contributed by atoms with E-state index in [0.29, 0.717) is 55.0 Å². The molecule has 20 heteroatoms. The van der Waals surface area contributed by atoms with Gasteiger partial charge in [0.25, 0.3) is 0 Å². The normalized spacial score (nSPS) is 21.6. The molecule has 8 N–H and O–H groups in total. The molecule has 8 atom stereocenters. The van der Waals surface area contributed by atoms with Crippen molar-refractivity contribution < 1.29 is 43.4 Å². The molecule has 0 radical (unpaired) electrons. The molecular formula is C51H70ClN9O9S. The molecule has 71 heavy (non-hydrogen) atoms. The molecule has 386 valence electrons. The number of nitrogens with one attached hydrogen (secondary N) is 3. The number of aliphatic hydroxyl groups excluding tert-OH is 1. The Kier molecular flexibility index (Phi) is 18.3. The number of aromatic nitrogens is 1. The van der Waals surface area contributed by atoms with Crippen LogP contribution in [-0.2, 0) is 40.0 Å². The molecule has 0 bridgehead atoms. The first-order valence-corrected chi connectivity index (χ1v) is 25.7. The predicted molar refractivity (Wildman–Crippen MR) is 270 cm³/mol. The summed E-state index contributed by atoms with van der Waals surface area (Å²) in [6, 6.07) is 6.50. The molecule has 7 amide bonds. The summed E-state index contributed by atoms with van der Waals surface area (Å²) in [5.74, 6) is -2.42. The number of benzene rings is 2. The number of amides is 7. The van der Waals surface area contributed by atoms with Gasteiger partial charge in [0, 0.05) is 51.9 Å². The van der Waals surface area contributed by atoms with Gasteiger partial charge in [-0.3, -0.25) is 33.6 Å². The van der Waals surface area contributed by atoms with Gasteiger partial charge in [-0.1, -0.05) is 62.7 Å². The molecule has 4 heterocycles. The third kappa shape index (κ3) is 13.9. The number of nitrogens with zero attached hydrogens (tertiary/aromatic N) is 4. The molecule has 0 aliphatic carbocycles. The lowest BCUT2D eigenvalue weighted by Crippen LogP contribution is -2.59. The molecule has 3 aromatic rings. The molecular weight excluding hydrogens is 950 g/mol. The Balaban J connectivity index is 1.04. The van der Waals surface area contributed by atoms with Crippen molar-refractivity contribution in [1.82, 2.24) is 35.6 Å². The summed E-state index contributed by atoms with van der Waals surface area (Å²) in [6.07, 6.45) is 1.56. The first-order valence-electron chi connectivity index (χ1n) is 24.4. The number of likely N-dealkylation sites (tertiary alicyclic amines) is 1. The number of carbonyl (C=O) groups excluding carboxylic acids is 7. The summed E-state index contributed by atoms with van der Waals surface area (Å²) in [4.78, 5) is 103. The van der Waals surface area contributed by atoms with Crippen LogP contribution in [0.25, 0.3) is 10.4 Å². The van der Waals surface area contributed by atoms with Crippen LogP contribution in [-0.4, -0.2) is 135 Å². The molecule has 3 fully saturated rings. The van der Waals surface area contributed by atoms with Crippen molar-refractivity contribution in [2.75, 3.05) is 26.2 Å². The number of nitrogens with two attached hydrogens (primary N) is 2. The highest BCUT2D eigenvalue weighted by molar-refractivity contribution is 7.13. The number of ether oxygens (including phenoxy) is 1. The van der Waals surface area contributed by atoms with Gasteiger partial charge in [-0.15, -0.1) is 11.3 Å². The molecule has 0 unspecified atom stereocenters. The maximum absolute atomic E-state index is 14.3. The highest BCUT2D eigenvalue weighted by Crippen LogP contribution is 2.34. The van der Waals surface area contributed by atoms with Crippen LogP contribution in [0.2, 0.25) is 5.02 Å². The molecule has 0 spiro atoms. The van der Waals surface area contributed by atoms with E-state index in [2.05, 4.69) is 20.9 Å². The van der Waals surface area contributed by atoms with Crippen LogP contribution >= 0.6 is 22.9 Å². The zero-order valence-corrected chi connectivity index (χ0v) is 43.4. The second-order valence-corrected chi connectivity index (χ2v) is 21.6. The zero-order valence-electron chi connectivity index (χ0n) is 41.8. The number of carbonyl (C=O) groups is 7. The summed E-state index contributed by atoms with van der Waals surface area (Å²) in [5.41, 5.74) is 17.2. The maximum Gasteiger partial charge on any atom is 0.246 e. The van der Waals surface area contributed by atoms with Gasteiger partial charge in [0.05, 0.1) is 39.3 Å². The Hall–Kier alpha value is -5.63. The first-order chi connectivity index (χ1) is 33.5. The quantitative estimate of drug-likeness (QED) is 0.107. The number of aliphatic hydroxyl groups is 1. The average molecular weight is 1020 g/mol. The monoisotopic (exact) mass is 1020 g/mol. The van der Waals surface area contributed by atoms with E-state index in [0.717, 1.165) is 27.3 Å². The summed E-state index contributed by atoms with van der Waals surface area (Å²) in [7, 11) is 0. The van der Waals surface area contributed by atoms with E-state index in [1.165, 1.54) is 11.8 Å². The Bertz CT molecular complexity index is 2450. The van der Waals surface area contributed by atoms with Gasteiger partial charge in [-0.05, 0) is 93.0 Å². The van der Waals surface area contributed by atoms with E-state index in [-0.39, 0.29) is 69.3 Å². The molecule has 3 aliphatic rings. The molecule has 3 saturated heterocycles. The van der Waals surface area contributed by atoms with E-state index < -0.39 is 71.3 Å². The third-order valence-electron chi connectivity index (χ3n) is 13.7. The fraction of sp³-hybridized carbons (Fsp3) is 0.569. The highest BCUT2D eigenvalue weighted by atomic mass is 35.5. The molecule has 1 aromatic heterocycles. The number of fused-ring (bicyclic) bond motifs is 1. The molecule has 6 rings (SSSR count). The van der Waals surface area contributed by atoms with E-state index in [4.69, 9.17) is 27.8 Å². The van der Waals surface area contributed by atoms with Gasteiger partial charge in [-0.2, -0.15) is 0 Å². The number of rotatable bonds is 18. The number of hydrogen-bond acceptors (Lipinski definition) is 12. The van der Waals surface area contributed by atoms with Gasteiger partial charge >= 0.3 is 0 Å². The average Bonchev–Trinajstić information content (AvgIpc) is 4.05. The number of β-amino-alcohol motifs (C(OH)–C–C–N with tert-alkyl or cyclic N) is 1. The summed E-state index contributed by atoms with van der Waals surface area (Å²) in [6.45, 7) is 13.0. The molecule has 2 aromatic carbocycles. The summed E-state index contributed by atoms with van der Waals surface area (Å²) < 4.78 is 6.22. The fourth-order valence-electron chi connectivity index (χ4n) is 9.73. The second kappa shape index (κ2) is 23.7. The Morgan fingerprint density at radius 2 is 1.68 bits per heavy atom. The van der Waals surface area contributed by atoms with Crippen molar-refractivity contribution in [3.63, 3.8) is 0 Å². The highest BCUT2D eigenvalue weighted by Gasteiger charge is 2.46. The standard InChI is InChI=1S/C51H70ClN9O9S/c1-28-21-34(44(52)41(22-28)70-26-35(15-18-42(54)64)57-47(66)39-17-16-36-19-20-59(31(4)62)25-38(53)49(68)61(36)39)9-8-10-43(65)58-46(51(5,6)7)50(69)60-24-37(63)23-40(60)48(67)56-29(2)32-11-13-33(14-12-32)45-30(3)55-27-71-45/h11-14,21-22,27,29,35-40,46,63H,8-10,15-20,23-26,53H2,1-7H3,(H2,54,64)(H,56,67)(H,57,66)(H,58,65)/t29-,35-,36+,37+,38-,39-,40-,46+/m0/s1. The fourth-order valence-corrected chi connectivity index (χ4v) is 10.8. The zero-order chi connectivity index (χ0) is 51.9. The minimum absolute atomic E-state index is 0.0351. The van der Waals surface area contributed by atoms with Gasteiger partial charge in [0.2, 0.25) is 41.4 Å². The number of halogens is 1. The lowest BCUT2D eigenvalue weighted by atomic mass is 9.85. The van der Waals surface area contributed by atoms with Crippen LogP contribution in [0.15, 0.2) is 41.9 Å². The minimum atomic E-state index is -0.998. The van der Waals surface area contributed by atoms with Crippen molar-refractivity contribution in [2.24, 2.45) is 16.9 Å². The lowest BCUT2D eigenvalue weighted by molar-refractivity contribution is -0.144. The van der Waals surface area contributed by atoms with E-state index in [1.54, 1.807) is 32.7 Å². The van der Waals surface area contributed by atoms with E-state index in [1.807, 2.05) is 71.9 Å². The number of hydrogen-bond donors (Lipinski definition) is 6. The summed E-state index contributed by atoms with van der Waals surface area (Å²) in [5, 5.41) is 20.0. The van der Waals surface area contributed by atoms with Crippen molar-refractivity contribution >= 4 is 64.3 Å². The Labute approximate surface area is 424 Å². The minimum Gasteiger partial charge on any atom is -0.490 e. The van der Waals surface area contributed by atoms with Crippen molar-refractivity contribution in [1.29, 1.82) is 0 Å². The van der Waals surface area contributed by atoms with Crippen LogP contribution in [0.5, 0.6) is 5.75 Å². The predicted octanol–water partition coefficient (Wildman–Crippen LogP) is 3.84. The van der Waals surface area contributed by atoms with Crippen molar-refractivity contribution in [3.05, 3.63) is 69.3 Å². The molecule has 3 aliphatic heterocycles. The Morgan fingerprint density at radius 3 is 2.32 bits per heavy atom.